The Balaban J connectivity index is 2.60. The molecule has 0 saturated heterocycles. The Morgan fingerprint density at radius 2 is 1.95 bits per heavy atom. The fourth-order valence-electron chi connectivity index (χ4n) is 1.73. The van der Waals surface area contributed by atoms with Crippen LogP contribution in [0.25, 0.3) is 0 Å². The number of nitrogens with one attached hydrogen (secondary N) is 2. The molecule has 1 aromatic heterocycles. The van der Waals surface area contributed by atoms with Gasteiger partial charge >= 0.3 is 5.69 Å². The second-order valence-corrected chi connectivity index (χ2v) is 5.17. The van der Waals surface area contributed by atoms with Crippen molar-refractivity contribution in [1.29, 1.82) is 0 Å². The highest BCUT2D eigenvalue weighted by Gasteiger charge is 2.21. The van der Waals surface area contributed by atoms with E-state index < -0.39 is 4.92 Å². The monoisotopic (exact) mass is 299 g/mol. The van der Waals surface area contributed by atoms with Gasteiger partial charge in [-0.1, -0.05) is 6.42 Å². The van der Waals surface area contributed by atoms with Crippen molar-refractivity contribution in [3.63, 3.8) is 0 Å². The standard InChI is InChI=1S/C12H21N5O2S/c1-3-13-11-10(17(18)19)12(16-9-15-11)14-7-5-4-6-8-20-2/h9H,3-8H2,1-2H3,(H2,13,14,15,16). The average Bonchev–Trinajstić information content (AvgIpc) is 2.43. The fraction of sp³-hybridized carbons (Fsp3) is 0.667. The first-order valence-electron chi connectivity index (χ1n) is 6.66. The molecule has 0 aliphatic heterocycles. The minimum atomic E-state index is -0.450. The predicted octanol–water partition coefficient (Wildman–Crippen LogP) is 2.76. The molecule has 0 bridgehead atoms. The van der Waals surface area contributed by atoms with Crippen LogP contribution in [0.2, 0.25) is 0 Å². The number of aromatic nitrogens is 2. The van der Waals surface area contributed by atoms with Crippen molar-refractivity contribution in [1.82, 2.24) is 9.97 Å². The summed E-state index contributed by atoms with van der Waals surface area (Å²) in [5.41, 5.74) is -0.0848. The number of anilines is 2. The molecule has 1 heterocycles. The molecule has 0 saturated carbocycles. The van der Waals surface area contributed by atoms with Crippen LogP contribution in [0, 0.1) is 10.1 Å². The smallest absolute Gasteiger partial charge is 0.353 e. The quantitative estimate of drug-likeness (QED) is 0.390. The summed E-state index contributed by atoms with van der Waals surface area (Å²) in [6, 6.07) is 0. The van der Waals surface area contributed by atoms with E-state index in [0.29, 0.717) is 13.1 Å². The minimum Gasteiger partial charge on any atom is -0.364 e. The van der Waals surface area contributed by atoms with Crippen molar-refractivity contribution in [2.45, 2.75) is 26.2 Å². The Bertz CT molecular complexity index is 430. The summed E-state index contributed by atoms with van der Waals surface area (Å²) in [6.45, 7) is 3.12. The number of rotatable bonds is 10. The van der Waals surface area contributed by atoms with E-state index in [9.17, 15) is 10.1 Å². The summed E-state index contributed by atoms with van der Waals surface area (Å²) in [7, 11) is 0. The Kier molecular flexibility index (Phi) is 7.71. The second kappa shape index (κ2) is 9.35. The van der Waals surface area contributed by atoms with E-state index in [1.165, 1.54) is 6.33 Å². The molecule has 1 rings (SSSR count). The first kappa shape index (κ1) is 16.5. The molecule has 112 valence electrons. The highest BCUT2D eigenvalue weighted by molar-refractivity contribution is 7.98. The molecule has 0 fully saturated rings. The van der Waals surface area contributed by atoms with E-state index >= 15 is 0 Å². The Labute approximate surface area is 123 Å². The van der Waals surface area contributed by atoms with Crippen LogP contribution in [0.15, 0.2) is 6.33 Å². The van der Waals surface area contributed by atoms with Crippen molar-refractivity contribution in [2.75, 3.05) is 35.7 Å². The van der Waals surface area contributed by atoms with Gasteiger partial charge in [0.25, 0.3) is 0 Å². The van der Waals surface area contributed by atoms with Gasteiger partial charge in [-0.3, -0.25) is 10.1 Å². The van der Waals surface area contributed by atoms with E-state index in [2.05, 4.69) is 26.9 Å². The maximum Gasteiger partial charge on any atom is 0.353 e. The fourth-order valence-corrected chi connectivity index (χ4v) is 2.23. The number of nitrogens with zero attached hydrogens (tertiary/aromatic N) is 3. The lowest BCUT2D eigenvalue weighted by atomic mass is 10.2. The van der Waals surface area contributed by atoms with E-state index in [1.807, 2.05) is 18.7 Å². The zero-order chi connectivity index (χ0) is 14.8. The summed E-state index contributed by atoms with van der Waals surface area (Å²) in [5.74, 6) is 1.70. The molecule has 20 heavy (non-hydrogen) atoms. The molecule has 0 unspecified atom stereocenters. The molecule has 0 aliphatic carbocycles. The lowest BCUT2D eigenvalue weighted by Gasteiger charge is -2.08. The van der Waals surface area contributed by atoms with Crippen LogP contribution >= 0.6 is 11.8 Å². The molecular formula is C12H21N5O2S. The molecule has 0 radical (unpaired) electrons. The maximum absolute atomic E-state index is 11.1. The summed E-state index contributed by atoms with van der Waals surface area (Å²) >= 11 is 1.83. The van der Waals surface area contributed by atoms with Crippen molar-refractivity contribution in [3.05, 3.63) is 16.4 Å². The van der Waals surface area contributed by atoms with Crippen LogP contribution in [0.3, 0.4) is 0 Å². The Morgan fingerprint density at radius 3 is 2.55 bits per heavy atom. The molecule has 7 nitrogen and oxygen atoms in total. The van der Waals surface area contributed by atoms with E-state index in [4.69, 9.17) is 0 Å². The van der Waals surface area contributed by atoms with Gasteiger partial charge in [-0.15, -0.1) is 0 Å². The zero-order valence-electron chi connectivity index (χ0n) is 11.9. The molecule has 0 aliphatic rings. The van der Waals surface area contributed by atoms with Crippen LogP contribution in [-0.2, 0) is 0 Å². The highest BCUT2D eigenvalue weighted by atomic mass is 32.2. The summed E-state index contributed by atoms with van der Waals surface area (Å²) in [5, 5.41) is 17.0. The van der Waals surface area contributed by atoms with Crippen molar-refractivity contribution >= 4 is 29.1 Å². The molecule has 0 spiro atoms. The molecule has 2 N–H and O–H groups in total. The Morgan fingerprint density at radius 1 is 1.25 bits per heavy atom. The van der Waals surface area contributed by atoms with Crippen LogP contribution in [0.5, 0.6) is 0 Å². The molecule has 0 aromatic carbocycles. The third-order valence-corrected chi connectivity index (χ3v) is 3.36. The average molecular weight is 299 g/mol. The lowest BCUT2D eigenvalue weighted by Crippen LogP contribution is -2.10. The van der Waals surface area contributed by atoms with Gasteiger partial charge in [-0.2, -0.15) is 11.8 Å². The predicted molar refractivity (Wildman–Crippen MR) is 83.6 cm³/mol. The first-order valence-corrected chi connectivity index (χ1v) is 8.06. The van der Waals surface area contributed by atoms with Gasteiger partial charge in [0.05, 0.1) is 4.92 Å². The third kappa shape index (κ3) is 5.20. The number of nitro groups is 1. The van der Waals surface area contributed by atoms with E-state index in [1.54, 1.807) is 0 Å². The van der Waals surface area contributed by atoms with Crippen LogP contribution < -0.4 is 10.6 Å². The van der Waals surface area contributed by atoms with Crippen molar-refractivity contribution in [2.24, 2.45) is 0 Å². The summed E-state index contributed by atoms with van der Waals surface area (Å²) < 4.78 is 0. The first-order chi connectivity index (χ1) is 9.70. The highest BCUT2D eigenvalue weighted by Crippen LogP contribution is 2.28. The molecule has 8 heteroatoms. The molecular weight excluding hydrogens is 278 g/mol. The van der Waals surface area contributed by atoms with Crippen LogP contribution in [0.1, 0.15) is 26.2 Å². The number of unbranched alkanes of at least 4 members (excludes halogenated alkanes) is 2. The largest absolute Gasteiger partial charge is 0.364 e. The van der Waals surface area contributed by atoms with Crippen LogP contribution in [0.4, 0.5) is 17.3 Å². The van der Waals surface area contributed by atoms with Gasteiger partial charge in [0.2, 0.25) is 11.6 Å². The van der Waals surface area contributed by atoms with Gasteiger partial charge in [-0.25, -0.2) is 9.97 Å². The number of hydrogen-bond donors (Lipinski definition) is 2. The van der Waals surface area contributed by atoms with Gasteiger partial charge in [-0.05, 0) is 31.8 Å². The molecule has 0 amide bonds. The molecule has 0 atom stereocenters. The SMILES string of the molecule is CCNc1ncnc(NCCCCCSC)c1[N+](=O)[O-]. The summed E-state index contributed by atoms with van der Waals surface area (Å²) in [4.78, 5) is 18.6. The topological polar surface area (TPSA) is 93.0 Å². The lowest BCUT2D eigenvalue weighted by molar-refractivity contribution is -0.383. The van der Waals surface area contributed by atoms with E-state index in [-0.39, 0.29) is 17.3 Å². The second-order valence-electron chi connectivity index (χ2n) is 4.19. The summed E-state index contributed by atoms with van der Waals surface area (Å²) in [6.07, 6.45) is 6.66. The molecule has 1 aromatic rings. The minimum absolute atomic E-state index is 0.0848. The van der Waals surface area contributed by atoms with E-state index in [0.717, 1.165) is 25.0 Å². The number of hydrogen-bond acceptors (Lipinski definition) is 7. The van der Waals surface area contributed by atoms with Crippen LogP contribution in [-0.4, -0.2) is 40.0 Å². The zero-order valence-corrected chi connectivity index (χ0v) is 12.7. The van der Waals surface area contributed by atoms with Gasteiger partial charge in [0.15, 0.2) is 0 Å². The van der Waals surface area contributed by atoms with Crippen molar-refractivity contribution < 1.29 is 4.92 Å². The van der Waals surface area contributed by atoms with Gasteiger partial charge < -0.3 is 10.6 Å². The third-order valence-electron chi connectivity index (χ3n) is 2.67. The van der Waals surface area contributed by atoms with Crippen molar-refractivity contribution in [3.8, 4) is 0 Å². The van der Waals surface area contributed by atoms with Gasteiger partial charge in [0, 0.05) is 13.1 Å². The van der Waals surface area contributed by atoms with Gasteiger partial charge in [0.1, 0.15) is 6.33 Å². The maximum atomic E-state index is 11.1. The Hall–Kier alpha value is -1.57. The normalized spacial score (nSPS) is 10.3. The number of thioether (sulfide) groups is 1.